The lowest BCUT2D eigenvalue weighted by molar-refractivity contribution is -0.139. The molecule has 5 nitrogen and oxygen atoms in total. The Morgan fingerprint density at radius 2 is 2.19 bits per heavy atom. The average molecular weight is 294 g/mol. The second-order valence-corrected chi connectivity index (χ2v) is 5.28. The van der Waals surface area contributed by atoms with Gasteiger partial charge in [-0.05, 0) is 37.6 Å². The van der Waals surface area contributed by atoms with E-state index in [0.717, 1.165) is 19.3 Å². The predicted octanol–water partition coefficient (Wildman–Crippen LogP) is 2.09. The van der Waals surface area contributed by atoms with Crippen LogP contribution in [0, 0.1) is 5.82 Å². The Hall–Kier alpha value is -1.95. The van der Waals surface area contributed by atoms with Gasteiger partial charge in [-0.1, -0.05) is 12.5 Å². The van der Waals surface area contributed by atoms with Gasteiger partial charge in [-0.15, -0.1) is 0 Å². The zero-order valence-electron chi connectivity index (χ0n) is 11.7. The summed E-state index contributed by atoms with van der Waals surface area (Å²) in [6.45, 7) is 0.850. The Bertz CT molecular complexity index is 521. The molecule has 2 N–H and O–H groups in total. The number of piperidine rings is 1. The lowest BCUT2D eigenvalue weighted by Gasteiger charge is -2.34. The third kappa shape index (κ3) is 4.82. The Kier molecular flexibility index (Phi) is 5.27. The number of carboxylic acids is 1. The van der Waals surface area contributed by atoms with Crippen LogP contribution in [0.5, 0.6) is 0 Å². The molecule has 1 atom stereocenters. The minimum Gasteiger partial charge on any atom is -0.481 e. The summed E-state index contributed by atoms with van der Waals surface area (Å²) in [7, 11) is 0. The van der Waals surface area contributed by atoms with E-state index in [0.29, 0.717) is 12.2 Å². The van der Waals surface area contributed by atoms with Gasteiger partial charge in [0, 0.05) is 11.7 Å². The highest BCUT2D eigenvalue weighted by atomic mass is 19.1. The molecule has 21 heavy (non-hydrogen) atoms. The van der Waals surface area contributed by atoms with Gasteiger partial charge in [0.1, 0.15) is 5.82 Å². The number of likely N-dealkylation sites (tertiary alicyclic amines) is 1. The van der Waals surface area contributed by atoms with Crippen molar-refractivity contribution in [1.29, 1.82) is 0 Å². The fourth-order valence-electron chi connectivity index (χ4n) is 2.65. The molecule has 1 aliphatic heterocycles. The van der Waals surface area contributed by atoms with Crippen molar-refractivity contribution in [3.8, 4) is 0 Å². The van der Waals surface area contributed by atoms with Gasteiger partial charge in [-0.3, -0.25) is 14.5 Å². The maximum atomic E-state index is 13.1. The molecular weight excluding hydrogens is 275 g/mol. The maximum absolute atomic E-state index is 13.1. The lowest BCUT2D eigenvalue weighted by Crippen LogP contribution is -2.44. The number of hydrogen-bond acceptors (Lipinski definition) is 3. The summed E-state index contributed by atoms with van der Waals surface area (Å²) >= 11 is 0. The standard InChI is InChI=1S/C15H19FN2O3/c16-11-4-3-5-12(8-11)17-14(19)10-18-7-2-1-6-13(18)9-15(20)21/h3-5,8,13H,1-2,6-7,9-10H2,(H,17,19)(H,20,21). The van der Waals surface area contributed by atoms with Crippen molar-refractivity contribution in [2.24, 2.45) is 0 Å². The number of aliphatic carboxylic acids is 1. The second-order valence-electron chi connectivity index (χ2n) is 5.28. The molecule has 1 unspecified atom stereocenters. The number of hydrogen-bond donors (Lipinski definition) is 2. The van der Waals surface area contributed by atoms with Gasteiger partial charge in [-0.2, -0.15) is 0 Å². The van der Waals surface area contributed by atoms with Crippen molar-refractivity contribution < 1.29 is 19.1 Å². The van der Waals surface area contributed by atoms with Gasteiger partial charge in [0.15, 0.2) is 0 Å². The van der Waals surface area contributed by atoms with Gasteiger partial charge in [0.05, 0.1) is 13.0 Å². The molecule has 1 saturated heterocycles. The first-order valence-corrected chi connectivity index (χ1v) is 7.06. The number of carbonyl (C=O) groups excluding carboxylic acids is 1. The van der Waals surface area contributed by atoms with Crippen LogP contribution in [0.2, 0.25) is 0 Å². The zero-order valence-corrected chi connectivity index (χ0v) is 11.7. The lowest BCUT2D eigenvalue weighted by atomic mass is 9.99. The molecule has 1 fully saturated rings. The van der Waals surface area contributed by atoms with Gasteiger partial charge >= 0.3 is 5.97 Å². The van der Waals surface area contributed by atoms with Crippen molar-refractivity contribution in [1.82, 2.24) is 4.90 Å². The first-order valence-electron chi connectivity index (χ1n) is 7.06. The molecule has 1 heterocycles. The molecule has 1 aromatic rings. The predicted molar refractivity (Wildman–Crippen MR) is 76.5 cm³/mol. The largest absolute Gasteiger partial charge is 0.481 e. The van der Waals surface area contributed by atoms with Crippen LogP contribution in [0.3, 0.4) is 0 Å². The van der Waals surface area contributed by atoms with E-state index in [9.17, 15) is 14.0 Å². The van der Waals surface area contributed by atoms with Crippen LogP contribution in [0.4, 0.5) is 10.1 Å². The minimum atomic E-state index is -0.850. The van der Waals surface area contributed by atoms with Crippen LogP contribution in [-0.2, 0) is 9.59 Å². The molecule has 1 aromatic carbocycles. The number of amides is 1. The van der Waals surface area contributed by atoms with Gasteiger partial charge < -0.3 is 10.4 Å². The van der Waals surface area contributed by atoms with Crippen LogP contribution in [-0.4, -0.2) is 41.0 Å². The van der Waals surface area contributed by atoms with E-state index in [1.807, 2.05) is 4.90 Å². The normalized spacial score (nSPS) is 19.2. The van der Waals surface area contributed by atoms with E-state index >= 15 is 0 Å². The number of carboxylic acid groups (broad SMARTS) is 1. The molecule has 0 radical (unpaired) electrons. The van der Waals surface area contributed by atoms with E-state index in [-0.39, 0.29) is 24.9 Å². The van der Waals surface area contributed by atoms with E-state index in [4.69, 9.17) is 5.11 Å². The molecule has 0 aromatic heterocycles. The fourth-order valence-corrected chi connectivity index (χ4v) is 2.65. The van der Waals surface area contributed by atoms with E-state index in [2.05, 4.69) is 5.32 Å². The Balaban J connectivity index is 1.92. The highest BCUT2D eigenvalue weighted by Crippen LogP contribution is 2.19. The number of anilines is 1. The van der Waals surface area contributed by atoms with Crippen LogP contribution in [0.15, 0.2) is 24.3 Å². The Morgan fingerprint density at radius 3 is 2.90 bits per heavy atom. The molecule has 0 aliphatic carbocycles. The number of nitrogens with one attached hydrogen (secondary N) is 1. The highest BCUT2D eigenvalue weighted by Gasteiger charge is 2.26. The molecule has 6 heteroatoms. The number of carbonyl (C=O) groups is 2. The van der Waals surface area contributed by atoms with Crippen molar-refractivity contribution >= 4 is 17.6 Å². The maximum Gasteiger partial charge on any atom is 0.304 e. The third-order valence-corrected chi connectivity index (χ3v) is 3.61. The summed E-state index contributed by atoms with van der Waals surface area (Å²) in [6.07, 6.45) is 2.79. The molecule has 1 aliphatic rings. The Labute approximate surface area is 122 Å². The average Bonchev–Trinajstić information content (AvgIpc) is 2.40. The van der Waals surface area contributed by atoms with E-state index in [1.54, 1.807) is 6.07 Å². The van der Waals surface area contributed by atoms with Crippen LogP contribution in [0.25, 0.3) is 0 Å². The fraction of sp³-hybridized carbons (Fsp3) is 0.467. The SMILES string of the molecule is O=C(O)CC1CCCCN1CC(=O)Nc1cccc(F)c1. The number of rotatable bonds is 5. The summed E-state index contributed by atoms with van der Waals surface area (Å²) in [5.74, 6) is -1.51. The molecule has 114 valence electrons. The summed E-state index contributed by atoms with van der Waals surface area (Å²) < 4.78 is 13.1. The smallest absolute Gasteiger partial charge is 0.304 e. The quantitative estimate of drug-likeness (QED) is 0.872. The highest BCUT2D eigenvalue weighted by molar-refractivity contribution is 5.92. The summed E-state index contributed by atoms with van der Waals surface area (Å²) in [5.41, 5.74) is 0.409. The Morgan fingerprint density at radius 1 is 1.38 bits per heavy atom. The minimum absolute atomic E-state index is 0.0489. The first kappa shape index (κ1) is 15.4. The van der Waals surface area contributed by atoms with Crippen molar-refractivity contribution in [2.75, 3.05) is 18.4 Å². The topological polar surface area (TPSA) is 69.6 Å². The molecule has 2 rings (SSSR count). The van der Waals surface area contributed by atoms with Gasteiger partial charge in [-0.25, -0.2) is 4.39 Å². The van der Waals surface area contributed by atoms with Gasteiger partial charge in [0.25, 0.3) is 0 Å². The van der Waals surface area contributed by atoms with Crippen LogP contribution >= 0.6 is 0 Å². The number of halogens is 1. The van der Waals surface area contributed by atoms with Crippen molar-refractivity contribution in [2.45, 2.75) is 31.7 Å². The zero-order chi connectivity index (χ0) is 15.2. The number of benzene rings is 1. The van der Waals surface area contributed by atoms with E-state index < -0.39 is 11.8 Å². The third-order valence-electron chi connectivity index (χ3n) is 3.61. The van der Waals surface area contributed by atoms with Crippen molar-refractivity contribution in [3.63, 3.8) is 0 Å². The van der Waals surface area contributed by atoms with E-state index in [1.165, 1.54) is 18.2 Å². The second kappa shape index (κ2) is 7.17. The number of nitrogens with zero attached hydrogens (tertiary/aromatic N) is 1. The van der Waals surface area contributed by atoms with Crippen LogP contribution in [0.1, 0.15) is 25.7 Å². The first-order chi connectivity index (χ1) is 10.0. The van der Waals surface area contributed by atoms with Crippen LogP contribution < -0.4 is 5.32 Å². The monoisotopic (exact) mass is 294 g/mol. The summed E-state index contributed by atoms with van der Waals surface area (Å²) in [5, 5.41) is 11.6. The molecule has 0 spiro atoms. The van der Waals surface area contributed by atoms with Gasteiger partial charge in [0.2, 0.25) is 5.91 Å². The molecule has 0 bridgehead atoms. The summed E-state index contributed by atoms with van der Waals surface area (Å²) in [6, 6.07) is 5.60. The molecular formula is C15H19FN2O3. The summed E-state index contributed by atoms with van der Waals surface area (Å²) in [4.78, 5) is 24.8. The molecule has 0 saturated carbocycles. The van der Waals surface area contributed by atoms with Crippen molar-refractivity contribution in [3.05, 3.63) is 30.1 Å². The molecule has 1 amide bonds.